The number of hydrogen-bond donors (Lipinski definition) is 0. The molecule has 8 aromatic rings. The maximum absolute atomic E-state index is 13.7. The van der Waals surface area contributed by atoms with Gasteiger partial charge in [-0.25, -0.2) is 8.78 Å². The quantitative estimate of drug-likeness (QED) is 0.0560. The first-order valence-electron chi connectivity index (χ1n) is 58.3. The molecular formula is C145H241Cl3F2. The molecule has 0 heterocycles. The fourth-order valence-corrected chi connectivity index (χ4v) is 20.8. The van der Waals surface area contributed by atoms with Gasteiger partial charge in [0.1, 0.15) is 11.6 Å². The Balaban J connectivity index is -0.00000158. The van der Waals surface area contributed by atoms with Crippen molar-refractivity contribution in [3.8, 4) is 0 Å². The van der Waals surface area contributed by atoms with Gasteiger partial charge in [0.05, 0.1) is 10.0 Å². The molecular weight excluding hydrogens is 1890 g/mol. The van der Waals surface area contributed by atoms with Crippen molar-refractivity contribution in [2.45, 2.75) is 524 Å². The lowest BCUT2D eigenvalue weighted by Gasteiger charge is -2.25. The lowest BCUT2D eigenvalue weighted by atomic mass is 9.81. The minimum Gasteiger partial charge on any atom is -0.207 e. The van der Waals surface area contributed by atoms with E-state index in [0.717, 1.165) is 76.6 Å². The molecule has 1 saturated carbocycles. The molecule has 0 aliphatic heterocycles. The van der Waals surface area contributed by atoms with Gasteiger partial charge in [0.15, 0.2) is 0 Å². The zero-order chi connectivity index (χ0) is 117. The summed E-state index contributed by atoms with van der Waals surface area (Å²) in [6, 6.07) is 62.7. The Morgan fingerprint density at radius 1 is 0.267 bits per heavy atom. The second-order valence-corrected chi connectivity index (χ2v) is 62.4. The predicted molar refractivity (Wildman–Crippen MR) is 682 cm³/mol. The van der Waals surface area contributed by atoms with Crippen molar-refractivity contribution in [1.29, 1.82) is 0 Å². The van der Waals surface area contributed by atoms with Gasteiger partial charge in [-0.3, -0.25) is 0 Å². The molecule has 0 spiro atoms. The van der Waals surface area contributed by atoms with Crippen LogP contribution in [0.4, 0.5) is 8.78 Å². The molecule has 0 unspecified atom stereocenters. The number of benzene rings is 8. The Morgan fingerprint density at radius 3 is 0.787 bits per heavy atom. The Labute approximate surface area is 949 Å². The van der Waals surface area contributed by atoms with Gasteiger partial charge in [0.2, 0.25) is 0 Å². The highest BCUT2D eigenvalue weighted by Gasteiger charge is 2.29. The van der Waals surface area contributed by atoms with Crippen molar-refractivity contribution in [2.24, 2.45) is 94.6 Å². The van der Waals surface area contributed by atoms with Gasteiger partial charge < -0.3 is 0 Å². The molecule has 1 fully saturated rings. The van der Waals surface area contributed by atoms with E-state index in [4.69, 9.17) is 34.8 Å². The molecule has 0 radical (unpaired) electrons. The molecule has 0 amide bonds. The number of allylic oxidation sites excluding steroid dienone is 1. The molecule has 8 aromatic carbocycles. The van der Waals surface area contributed by atoms with Crippen LogP contribution in [-0.2, 0) is 0 Å². The third kappa shape index (κ3) is 82.7. The van der Waals surface area contributed by atoms with E-state index < -0.39 is 0 Å². The first kappa shape index (κ1) is 148. The molecule has 9 rings (SSSR count). The minimum atomic E-state index is -0.0896. The van der Waals surface area contributed by atoms with Crippen molar-refractivity contribution >= 4 is 34.8 Å². The molecule has 0 aromatic heterocycles. The highest BCUT2D eigenvalue weighted by molar-refractivity contribution is 6.42. The van der Waals surface area contributed by atoms with Crippen LogP contribution in [0, 0.1) is 141 Å². The summed E-state index contributed by atoms with van der Waals surface area (Å²) in [6.45, 7) is 128. The molecule has 1 aliphatic carbocycles. The largest absolute Gasteiger partial charge is 0.207 e. The predicted octanol–water partition coefficient (Wildman–Crippen LogP) is 50.9. The fraction of sp³-hybridized carbons (Fsp3) is 0.655. The molecule has 1 aliphatic rings. The van der Waals surface area contributed by atoms with Gasteiger partial charge in [-0.15, -0.1) is 6.58 Å². The molecule has 11 atom stereocenters. The van der Waals surface area contributed by atoms with E-state index in [1.807, 2.05) is 49.4 Å². The Morgan fingerprint density at radius 2 is 0.540 bits per heavy atom. The summed E-state index contributed by atoms with van der Waals surface area (Å²) < 4.78 is 27.0. The second kappa shape index (κ2) is 68.8. The Bertz CT molecular complexity index is 4570. The number of rotatable bonds is 23. The van der Waals surface area contributed by atoms with Gasteiger partial charge >= 0.3 is 0 Å². The van der Waals surface area contributed by atoms with Gasteiger partial charge in [-0.1, -0.05) is 569 Å². The van der Waals surface area contributed by atoms with E-state index in [1.54, 1.807) is 19.1 Å². The molecule has 0 nitrogen and oxygen atoms in total. The van der Waals surface area contributed by atoms with Crippen LogP contribution in [0.15, 0.2) is 195 Å². The summed E-state index contributed by atoms with van der Waals surface area (Å²) in [5.41, 5.74) is 20.9. The maximum atomic E-state index is 13.7. The van der Waals surface area contributed by atoms with Gasteiger partial charge in [0.25, 0.3) is 0 Å². The van der Waals surface area contributed by atoms with Crippen molar-refractivity contribution in [2.75, 3.05) is 0 Å². The van der Waals surface area contributed by atoms with Crippen molar-refractivity contribution in [1.82, 2.24) is 0 Å². The maximum Gasteiger partial charge on any atom is 0.126 e. The summed E-state index contributed by atoms with van der Waals surface area (Å²) in [5, 5.41) is 2.19. The molecule has 150 heavy (non-hydrogen) atoms. The summed E-state index contributed by atoms with van der Waals surface area (Å²) in [7, 11) is 0. The van der Waals surface area contributed by atoms with Crippen LogP contribution in [0.25, 0.3) is 0 Å². The SMILES string of the molecule is C=C[C@H](C)CC(C)(C)C.CC(C)(C)CC1CC1.CC(C)[C@H](C)CC(C)(C)C.CC[C@H](C)CC(C)(C)C.C[C@H](CC(C)(C)C)c1ccc(Cl)c(Cl)c1.C[C@H](CC(C)(C)C)c1ccccc1.C[C@H](CC(C)(C)C)c1ccccc1.Cc1ccc([C@H](C)CC(C)(C)C)c(Cl)c1.Cc1ccc([C@H](C)CC(C)(C)C)c(F)c1.Cc1ccc([C@H](C)CC(C)(C)C)cc1.Cc1ccc([C@H](C)CC(C)(C)C)cc1.Cc1ccc([C@H](C)CC(C)(C)C)cc1F. The highest BCUT2D eigenvalue weighted by Crippen LogP contribution is 2.43. The zero-order valence-electron chi connectivity index (χ0n) is 109. The molecule has 856 valence electrons. The van der Waals surface area contributed by atoms with Gasteiger partial charge in [-0.2, -0.15) is 0 Å². The van der Waals surface area contributed by atoms with E-state index in [9.17, 15) is 8.78 Å². The summed E-state index contributed by atoms with van der Waals surface area (Å²) in [6.07, 6.45) is 21.1. The van der Waals surface area contributed by atoms with Gasteiger partial charge in [-0.05, 0) is 345 Å². The normalized spacial score (nSPS) is 14.7. The smallest absolute Gasteiger partial charge is 0.126 e. The van der Waals surface area contributed by atoms with Crippen LogP contribution in [0.3, 0.4) is 0 Å². The zero-order valence-corrected chi connectivity index (χ0v) is 111. The summed E-state index contributed by atoms with van der Waals surface area (Å²) in [5.74, 6) is 8.58. The second-order valence-electron chi connectivity index (χ2n) is 61.2. The lowest BCUT2D eigenvalue weighted by molar-refractivity contribution is 0.260. The van der Waals surface area contributed by atoms with Crippen LogP contribution >= 0.6 is 34.8 Å². The molecule has 0 bridgehead atoms. The molecule has 0 N–H and O–H groups in total. The average Bonchev–Trinajstić information content (AvgIpc) is 1.01. The van der Waals surface area contributed by atoms with Crippen molar-refractivity contribution in [3.63, 3.8) is 0 Å². The van der Waals surface area contributed by atoms with Crippen LogP contribution < -0.4 is 0 Å². The Hall–Kier alpha value is -5.77. The van der Waals surface area contributed by atoms with Crippen LogP contribution in [0.1, 0.15) is 562 Å². The number of halogens is 5. The van der Waals surface area contributed by atoms with E-state index in [2.05, 4.69) is 507 Å². The first-order valence-corrected chi connectivity index (χ1v) is 59.5. The van der Waals surface area contributed by atoms with E-state index >= 15 is 0 Å². The lowest BCUT2D eigenvalue weighted by Crippen LogP contribution is -2.14. The average molecular weight is 2130 g/mol. The van der Waals surface area contributed by atoms with E-state index in [0.29, 0.717) is 117 Å². The fourth-order valence-electron chi connectivity index (χ4n) is 20.1. The van der Waals surface area contributed by atoms with E-state index in [-0.39, 0.29) is 23.0 Å². The minimum absolute atomic E-state index is 0.0632. The number of hydrogen-bond acceptors (Lipinski definition) is 0. The Kier molecular flexibility index (Phi) is 68.0. The van der Waals surface area contributed by atoms with Crippen molar-refractivity contribution in [3.05, 3.63) is 294 Å². The van der Waals surface area contributed by atoms with Crippen LogP contribution in [-0.4, -0.2) is 0 Å². The number of aryl methyl sites for hydroxylation is 5. The van der Waals surface area contributed by atoms with E-state index in [1.165, 1.54) is 121 Å². The summed E-state index contributed by atoms with van der Waals surface area (Å²) >= 11 is 18.1. The third-order valence-electron chi connectivity index (χ3n) is 26.7. The monoisotopic (exact) mass is 2130 g/mol. The van der Waals surface area contributed by atoms with Crippen molar-refractivity contribution < 1.29 is 8.78 Å². The highest BCUT2D eigenvalue weighted by atomic mass is 35.5. The summed E-state index contributed by atoms with van der Waals surface area (Å²) in [4.78, 5) is 0. The molecule has 5 heteroatoms. The standard InChI is InChI=1S/C14H21Cl.2C14H21F.2C14H22.C13H18Cl2.2C13H20.C10H22.C9H20.C9H18.C8H16/c1-10-6-7-12(13(15)8-10)11(2)9-14(3,4)5;1-10-6-7-12(8-13(10)15)11(2)9-14(3,4)5;1-10-6-7-12(13(15)8-10)11(2)9-14(3,4)5;2*1-11-6-8-13(9-7-11)12(2)10-14(3,4)5;1-9(8-13(2,3)4)10-5-6-11(14)12(15)7-10;2*1-11(10-13(2,3)4)12-8-6-5-7-9-12;1-8(2)9(3)7-10(4,5)6;2*1-6-8(2)7-9(3,4)5;1-8(2,3)6-7-4-5-7/h3*6-8,11H,9H2,1-5H3;2*6-9,12H,10H2,1-5H3;5-7,9H,8H2,1-4H3;2*5-9,11H,10H2,1-4H3;8-9H,7H2,1-6H3;8H,6-7H2,1-5H3;6,8H,1,7H2,2-5H3;7H,4-6H2,1-3H3/t3*11-;2*12-;9-;2*11-;9-;2*8-;/m11111111100./s1. The van der Waals surface area contributed by atoms with Gasteiger partial charge in [0, 0.05) is 5.02 Å². The molecule has 0 saturated heterocycles. The topological polar surface area (TPSA) is 0 Å². The van der Waals surface area contributed by atoms with Crippen LogP contribution in [0.5, 0.6) is 0 Å². The first-order chi connectivity index (χ1) is 67.7. The van der Waals surface area contributed by atoms with Crippen LogP contribution in [0.2, 0.25) is 15.1 Å². The third-order valence-corrected chi connectivity index (χ3v) is 27.8.